The summed E-state index contributed by atoms with van der Waals surface area (Å²) in [5.74, 6) is -1.38. The minimum atomic E-state index is -0.703. The summed E-state index contributed by atoms with van der Waals surface area (Å²) in [4.78, 5) is 36.6. The molecule has 0 saturated heterocycles. The number of esters is 1. The van der Waals surface area contributed by atoms with Gasteiger partial charge in [0.05, 0.1) is 17.5 Å². The van der Waals surface area contributed by atoms with Crippen molar-refractivity contribution in [2.24, 2.45) is 0 Å². The molecule has 1 amide bonds. The number of benzene rings is 2. The van der Waals surface area contributed by atoms with Crippen LogP contribution in [0.1, 0.15) is 36.8 Å². The summed E-state index contributed by atoms with van der Waals surface area (Å²) in [5.41, 5.74) is 1.92. The van der Waals surface area contributed by atoms with E-state index in [1.54, 1.807) is 36.4 Å². The molecule has 1 heterocycles. The molecule has 0 aliphatic rings. The van der Waals surface area contributed by atoms with E-state index < -0.39 is 11.9 Å². The number of ether oxygens (including phenoxy) is 1. The van der Waals surface area contributed by atoms with Crippen LogP contribution < -0.4 is 5.32 Å². The maximum absolute atomic E-state index is 12.4. The molecule has 2 aromatic carbocycles. The molecule has 0 aliphatic carbocycles. The van der Waals surface area contributed by atoms with E-state index in [0.717, 1.165) is 5.56 Å². The van der Waals surface area contributed by atoms with Crippen molar-refractivity contribution < 1.29 is 23.5 Å². The smallest absolute Gasteiger partial charge is 0.340 e. The molecule has 0 fully saturated rings. The second-order valence-electron chi connectivity index (χ2n) is 5.84. The molecule has 6 nitrogen and oxygen atoms in total. The number of hydrogen-bond donors (Lipinski definition) is 1. The monoisotopic (exact) mass is 363 g/mol. The van der Waals surface area contributed by atoms with Crippen LogP contribution >= 0.6 is 0 Å². The van der Waals surface area contributed by atoms with E-state index in [2.05, 4.69) is 5.32 Å². The first-order chi connectivity index (χ1) is 13.0. The Bertz CT molecular complexity index is 959. The summed E-state index contributed by atoms with van der Waals surface area (Å²) < 4.78 is 10.2. The number of ketones is 1. The van der Waals surface area contributed by atoms with Gasteiger partial charge in [-0.05, 0) is 31.2 Å². The van der Waals surface area contributed by atoms with Crippen molar-refractivity contribution in [3.8, 4) is 0 Å². The van der Waals surface area contributed by atoms with E-state index in [9.17, 15) is 14.4 Å². The lowest BCUT2D eigenvalue weighted by Crippen LogP contribution is -2.18. The third kappa shape index (κ3) is 4.49. The van der Waals surface area contributed by atoms with Crippen LogP contribution in [0.4, 0.5) is 5.69 Å². The van der Waals surface area contributed by atoms with Crippen LogP contribution in [-0.4, -0.2) is 24.3 Å². The maximum Gasteiger partial charge on any atom is 0.340 e. The van der Waals surface area contributed by atoms with Gasteiger partial charge in [-0.2, -0.15) is 0 Å². The number of furan rings is 1. The molecule has 0 unspecified atom stereocenters. The topological polar surface area (TPSA) is 85.6 Å². The van der Waals surface area contributed by atoms with Gasteiger partial charge in [0.15, 0.2) is 18.2 Å². The third-order valence-corrected chi connectivity index (χ3v) is 3.85. The Balaban J connectivity index is 1.67. The highest BCUT2D eigenvalue weighted by Gasteiger charge is 2.17. The summed E-state index contributed by atoms with van der Waals surface area (Å²) in [6.07, 6.45) is 1.38. The number of hydrogen-bond acceptors (Lipinski definition) is 5. The zero-order chi connectivity index (χ0) is 19.2. The number of rotatable bonds is 6. The molecule has 0 aliphatic heterocycles. The fourth-order valence-electron chi connectivity index (χ4n) is 2.39. The van der Waals surface area contributed by atoms with Gasteiger partial charge in [0.1, 0.15) is 0 Å². The molecule has 6 heteroatoms. The molecule has 1 N–H and O–H groups in total. The highest BCUT2D eigenvalue weighted by molar-refractivity contribution is 6.07. The van der Waals surface area contributed by atoms with Crippen molar-refractivity contribution in [2.75, 3.05) is 11.9 Å². The average molecular weight is 363 g/mol. The molecule has 0 spiro atoms. The molecular weight excluding hydrogens is 346 g/mol. The molecule has 3 rings (SSSR count). The number of carbonyl (C=O) groups is 3. The van der Waals surface area contributed by atoms with Crippen molar-refractivity contribution in [3.05, 3.63) is 89.4 Å². The fourth-order valence-corrected chi connectivity index (χ4v) is 2.39. The number of anilines is 1. The van der Waals surface area contributed by atoms with Crippen LogP contribution in [-0.2, 0) is 4.74 Å². The average Bonchev–Trinajstić information content (AvgIpc) is 3.22. The van der Waals surface area contributed by atoms with Crippen molar-refractivity contribution in [1.29, 1.82) is 0 Å². The Hall–Kier alpha value is -3.67. The normalized spacial score (nSPS) is 10.3. The molecule has 3 aromatic rings. The van der Waals surface area contributed by atoms with Crippen LogP contribution in [0, 0.1) is 6.92 Å². The number of amides is 1. The minimum absolute atomic E-state index is 0.118. The predicted molar refractivity (Wildman–Crippen MR) is 98.9 cm³/mol. The number of nitrogens with one attached hydrogen (secondary N) is 1. The fraction of sp³-hybridized carbons (Fsp3) is 0.0952. The van der Waals surface area contributed by atoms with Gasteiger partial charge >= 0.3 is 5.97 Å². The zero-order valence-electron chi connectivity index (χ0n) is 14.6. The van der Waals surface area contributed by atoms with Crippen LogP contribution in [0.15, 0.2) is 71.3 Å². The van der Waals surface area contributed by atoms with Gasteiger partial charge in [0, 0.05) is 5.56 Å². The van der Waals surface area contributed by atoms with Gasteiger partial charge in [-0.15, -0.1) is 0 Å². The molecule has 0 bridgehead atoms. The largest absolute Gasteiger partial charge is 0.459 e. The van der Waals surface area contributed by atoms with E-state index in [4.69, 9.17) is 9.15 Å². The van der Waals surface area contributed by atoms with Crippen LogP contribution in [0.25, 0.3) is 0 Å². The number of para-hydroxylation sites is 1. The third-order valence-electron chi connectivity index (χ3n) is 3.85. The molecule has 136 valence electrons. The molecule has 27 heavy (non-hydrogen) atoms. The van der Waals surface area contributed by atoms with Gasteiger partial charge in [-0.25, -0.2) is 4.79 Å². The summed E-state index contributed by atoms with van der Waals surface area (Å²) in [6.45, 7) is 1.53. The van der Waals surface area contributed by atoms with Crippen LogP contribution in [0.3, 0.4) is 0 Å². The lowest BCUT2D eigenvalue weighted by Gasteiger charge is -2.10. The lowest BCUT2D eigenvalue weighted by atomic mass is 10.1. The SMILES string of the molecule is Cc1ccc(C(=O)COC(=O)c2ccccc2NC(=O)c2ccco2)cc1. The Morgan fingerprint density at radius 1 is 0.963 bits per heavy atom. The maximum atomic E-state index is 12.4. The highest BCUT2D eigenvalue weighted by atomic mass is 16.5. The minimum Gasteiger partial charge on any atom is -0.459 e. The van der Waals surface area contributed by atoms with Crippen molar-refractivity contribution in [1.82, 2.24) is 0 Å². The molecule has 0 atom stereocenters. The Morgan fingerprint density at radius 3 is 2.41 bits per heavy atom. The van der Waals surface area contributed by atoms with Crippen LogP contribution in [0.2, 0.25) is 0 Å². The van der Waals surface area contributed by atoms with E-state index in [0.29, 0.717) is 5.56 Å². The first-order valence-corrected chi connectivity index (χ1v) is 8.25. The summed E-state index contributed by atoms with van der Waals surface area (Å²) in [5, 5.41) is 2.60. The second-order valence-corrected chi connectivity index (χ2v) is 5.84. The Labute approximate surface area is 155 Å². The van der Waals surface area contributed by atoms with Gasteiger partial charge in [0.2, 0.25) is 0 Å². The van der Waals surface area contributed by atoms with Crippen molar-refractivity contribution in [2.45, 2.75) is 6.92 Å². The molecule has 1 aromatic heterocycles. The van der Waals surface area contributed by atoms with E-state index in [1.807, 2.05) is 19.1 Å². The van der Waals surface area contributed by atoms with Gasteiger partial charge < -0.3 is 14.5 Å². The molecular formula is C21H17NO5. The molecule has 0 radical (unpaired) electrons. The first-order valence-electron chi connectivity index (χ1n) is 8.25. The first kappa shape index (κ1) is 18.1. The molecule has 0 saturated carbocycles. The number of carbonyl (C=O) groups excluding carboxylic acids is 3. The van der Waals surface area contributed by atoms with E-state index in [1.165, 1.54) is 18.4 Å². The number of Topliss-reactive ketones (excluding diaryl/α,β-unsaturated/α-hetero) is 1. The van der Waals surface area contributed by atoms with Gasteiger partial charge in [0.25, 0.3) is 5.91 Å². The zero-order valence-corrected chi connectivity index (χ0v) is 14.6. The summed E-state index contributed by atoms with van der Waals surface area (Å²) in [6, 6.07) is 16.5. The quantitative estimate of drug-likeness (QED) is 0.531. The highest BCUT2D eigenvalue weighted by Crippen LogP contribution is 2.18. The van der Waals surface area contributed by atoms with Crippen LogP contribution in [0.5, 0.6) is 0 Å². The van der Waals surface area contributed by atoms with E-state index >= 15 is 0 Å². The van der Waals surface area contributed by atoms with Gasteiger partial charge in [-0.1, -0.05) is 42.0 Å². The lowest BCUT2D eigenvalue weighted by molar-refractivity contribution is 0.0475. The second kappa shape index (κ2) is 8.14. The number of aryl methyl sites for hydroxylation is 1. The predicted octanol–water partition coefficient (Wildman–Crippen LogP) is 3.88. The summed E-state index contributed by atoms with van der Waals surface area (Å²) in [7, 11) is 0. The standard InChI is InChI=1S/C21H17NO5/c1-14-8-10-15(11-9-14)18(23)13-27-21(25)16-5-2-3-6-17(16)22-20(24)19-7-4-12-26-19/h2-12H,13H2,1H3,(H,22,24). The van der Waals surface area contributed by atoms with E-state index in [-0.39, 0.29) is 29.4 Å². The Kier molecular flexibility index (Phi) is 5.47. The van der Waals surface area contributed by atoms with Gasteiger partial charge in [-0.3, -0.25) is 9.59 Å². The summed E-state index contributed by atoms with van der Waals surface area (Å²) >= 11 is 0. The van der Waals surface area contributed by atoms with Crippen molar-refractivity contribution >= 4 is 23.3 Å². The Morgan fingerprint density at radius 2 is 1.70 bits per heavy atom. The van der Waals surface area contributed by atoms with Crippen molar-refractivity contribution in [3.63, 3.8) is 0 Å².